The Bertz CT molecular complexity index is 1030. The molecule has 30 heavy (non-hydrogen) atoms. The molecule has 1 saturated heterocycles. The molecule has 2 aromatic rings. The normalized spacial score (nSPS) is 18.4. The third-order valence-electron chi connectivity index (χ3n) is 5.59. The van der Waals surface area contributed by atoms with E-state index >= 15 is 0 Å². The summed E-state index contributed by atoms with van der Waals surface area (Å²) in [6.07, 6.45) is 7.29. The maximum absolute atomic E-state index is 13.0. The van der Waals surface area contributed by atoms with Crippen molar-refractivity contribution >= 4 is 29.3 Å². The molecule has 1 aliphatic heterocycles. The monoisotopic (exact) mass is 417 g/mol. The number of carbonyl (C=O) groups excluding carboxylic acids is 1. The quantitative estimate of drug-likeness (QED) is 0.572. The maximum Gasteiger partial charge on any atom is 0.276 e. The van der Waals surface area contributed by atoms with Crippen LogP contribution in [0, 0.1) is 11.3 Å². The zero-order chi connectivity index (χ0) is 20.9. The lowest BCUT2D eigenvalue weighted by Crippen LogP contribution is -2.41. The third-order valence-corrected chi connectivity index (χ3v) is 5.89. The Kier molecular flexibility index (Phi) is 6.10. The van der Waals surface area contributed by atoms with Gasteiger partial charge in [0.15, 0.2) is 5.11 Å². The summed E-state index contributed by atoms with van der Waals surface area (Å²) in [6, 6.07) is 17.3. The molecule has 4 rings (SSSR count). The first-order chi connectivity index (χ1) is 14.7. The molecule has 2 aromatic carbocycles. The Morgan fingerprint density at radius 1 is 1.13 bits per heavy atom. The first-order valence-electron chi connectivity index (χ1n) is 10.2. The minimum absolute atomic E-state index is 0.0727. The van der Waals surface area contributed by atoms with Crippen molar-refractivity contribution in [1.82, 2.24) is 10.2 Å². The lowest BCUT2D eigenvalue weighted by molar-refractivity contribution is -0.124. The van der Waals surface area contributed by atoms with Crippen LogP contribution in [-0.2, 0) is 11.4 Å². The van der Waals surface area contributed by atoms with Gasteiger partial charge in [0.1, 0.15) is 18.1 Å². The highest BCUT2D eigenvalue weighted by molar-refractivity contribution is 7.80. The number of nitriles is 1. The van der Waals surface area contributed by atoms with E-state index in [0.29, 0.717) is 22.1 Å². The Morgan fingerprint density at radius 3 is 2.67 bits per heavy atom. The number of carbonyl (C=O) groups is 1. The molecule has 152 valence electrons. The van der Waals surface area contributed by atoms with Gasteiger partial charge in [-0.05, 0) is 43.3 Å². The maximum atomic E-state index is 13.0. The Morgan fingerprint density at radius 2 is 1.87 bits per heavy atom. The zero-order valence-corrected chi connectivity index (χ0v) is 17.5. The van der Waals surface area contributed by atoms with Crippen molar-refractivity contribution in [1.29, 1.82) is 5.26 Å². The first-order valence-corrected chi connectivity index (χ1v) is 10.6. The van der Waals surface area contributed by atoms with Gasteiger partial charge in [-0.2, -0.15) is 5.26 Å². The minimum atomic E-state index is -0.0727. The molecule has 0 unspecified atom stereocenters. The van der Waals surface area contributed by atoms with E-state index in [4.69, 9.17) is 17.0 Å². The van der Waals surface area contributed by atoms with E-state index in [-0.39, 0.29) is 18.6 Å². The number of nitrogens with zero attached hydrogens (tertiary/aromatic N) is 2. The highest BCUT2D eigenvalue weighted by atomic mass is 32.1. The SMILES string of the molecule is N#Cc1ccccc1COc1ccccc1/C=C1\NC(=S)N(C2CCCCC2)C1=O. The summed E-state index contributed by atoms with van der Waals surface area (Å²) in [5, 5.41) is 12.8. The van der Waals surface area contributed by atoms with Crippen molar-refractivity contribution < 1.29 is 9.53 Å². The summed E-state index contributed by atoms with van der Waals surface area (Å²) in [4.78, 5) is 14.8. The summed E-state index contributed by atoms with van der Waals surface area (Å²) in [5.74, 6) is 0.575. The predicted molar refractivity (Wildman–Crippen MR) is 119 cm³/mol. The second-order valence-electron chi connectivity index (χ2n) is 7.55. The summed E-state index contributed by atoms with van der Waals surface area (Å²) in [7, 11) is 0. The van der Waals surface area contributed by atoms with Crippen LogP contribution in [0.25, 0.3) is 6.08 Å². The van der Waals surface area contributed by atoms with Crippen molar-refractivity contribution in [2.45, 2.75) is 44.8 Å². The summed E-state index contributed by atoms with van der Waals surface area (Å²) >= 11 is 5.46. The zero-order valence-electron chi connectivity index (χ0n) is 16.6. The molecule has 1 aliphatic carbocycles. The van der Waals surface area contributed by atoms with Crippen LogP contribution in [0.5, 0.6) is 5.75 Å². The van der Waals surface area contributed by atoms with Crippen molar-refractivity contribution in [2.75, 3.05) is 0 Å². The largest absolute Gasteiger partial charge is 0.488 e. The van der Waals surface area contributed by atoms with E-state index < -0.39 is 0 Å². The lowest BCUT2D eigenvalue weighted by atomic mass is 9.94. The molecule has 2 fully saturated rings. The first kappa shape index (κ1) is 20.1. The number of amides is 1. The van der Waals surface area contributed by atoms with Gasteiger partial charge in [0, 0.05) is 17.2 Å². The molecule has 1 saturated carbocycles. The molecule has 0 atom stereocenters. The van der Waals surface area contributed by atoms with E-state index in [1.54, 1.807) is 17.0 Å². The van der Waals surface area contributed by atoms with Crippen molar-refractivity contribution in [3.63, 3.8) is 0 Å². The molecule has 1 N–H and O–H groups in total. The fourth-order valence-corrected chi connectivity index (χ4v) is 4.36. The smallest absolute Gasteiger partial charge is 0.276 e. The Hall–Kier alpha value is -3.17. The van der Waals surface area contributed by atoms with Crippen LogP contribution in [0.2, 0.25) is 0 Å². The molecule has 1 heterocycles. The Labute approximate surface area is 182 Å². The average molecular weight is 418 g/mol. The van der Waals surface area contributed by atoms with Crippen molar-refractivity contribution in [3.8, 4) is 11.8 Å². The number of hydrogen-bond acceptors (Lipinski definition) is 4. The van der Waals surface area contributed by atoms with E-state index in [0.717, 1.165) is 36.8 Å². The molecular weight excluding hydrogens is 394 g/mol. The molecular formula is C24H23N3O2S. The van der Waals surface area contributed by atoms with Crippen LogP contribution in [-0.4, -0.2) is 22.0 Å². The van der Waals surface area contributed by atoms with Crippen LogP contribution in [0.4, 0.5) is 0 Å². The molecule has 1 amide bonds. The van der Waals surface area contributed by atoms with Gasteiger partial charge < -0.3 is 10.1 Å². The molecule has 0 bridgehead atoms. The molecule has 2 aliphatic rings. The number of para-hydroxylation sites is 1. The number of nitrogens with one attached hydrogen (secondary N) is 1. The van der Waals surface area contributed by atoms with Gasteiger partial charge in [0.25, 0.3) is 5.91 Å². The van der Waals surface area contributed by atoms with Crippen molar-refractivity contribution in [2.24, 2.45) is 0 Å². The fraction of sp³-hybridized carbons (Fsp3) is 0.292. The Balaban J connectivity index is 1.54. The highest BCUT2D eigenvalue weighted by Gasteiger charge is 2.36. The van der Waals surface area contributed by atoms with E-state index in [1.165, 1.54) is 6.42 Å². The fourth-order valence-electron chi connectivity index (χ4n) is 4.02. The molecule has 5 nitrogen and oxygen atoms in total. The van der Waals surface area contributed by atoms with Crippen LogP contribution < -0.4 is 10.1 Å². The van der Waals surface area contributed by atoms with E-state index in [9.17, 15) is 10.1 Å². The van der Waals surface area contributed by atoms with Gasteiger partial charge >= 0.3 is 0 Å². The van der Waals surface area contributed by atoms with Gasteiger partial charge in [-0.1, -0.05) is 55.7 Å². The van der Waals surface area contributed by atoms with Crippen LogP contribution in [0.1, 0.15) is 48.8 Å². The lowest BCUT2D eigenvalue weighted by Gasteiger charge is -2.29. The summed E-state index contributed by atoms with van der Waals surface area (Å²) < 4.78 is 6.00. The van der Waals surface area contributed by atoms with E-state index in [2.05, 4.69) is 11.4 Å². The number of hydrogen-bond donors (Lipinski definition) is 1. The molecule has 6 heteroatoms. The summed E-state index contributed by atoms with van der Waals surface area (Å²) in [6.45, 7) is 0.276. The number of rotatable bonds is 5. The second-order valence-corrected chi connectivity index (χ2v) is 7.94. The number of ether oxygens (including phenoxy) is 1. The third kappa shape index (κ3) is 4.22. The van der Waals surface area contributed by atoms with E-state index in [1.807, 2.05) is 42.5 Å². The van der Waals surface area contributed by atoms with Crippen LogP contribution in [0.15, 0.2) is 54.2 Å². The summed E-state index contributed by atoms with van der Waals surface area (Å²) in [5.41, 5.74) is 2.67. The van der Waals surface area contributed by atoms with Gasteiger partial charge in [0.05, 0.1) is 11.6 Å². The molecule has 0 aromatic heterocycles. The van der Waals surface area contributed by atoms with Gasteiger partial charge in [-0.25, -0.2) is 0 Å². The topological polar surface area (TPSA) is 65.4 Å². The predicted octanol–water partition coefficient (Wildman–Crippen LogP) is 4.53. The number of benzene rings is 2. The van der Waals surface area contributed by atoms with Gasteiger partial charge in [-0.15, -0.1) is 0 Å². The standard InChI is InChI=1S/C24H23N3O2S/c25-15-18-9-4-5-10-19(18)16-29-22-13-7-6-8-17(22)14-21-23(28)27(24(30)26-21)20-11-2-1-3-12-20/h4-10,13-14,20H,1-3,11-12,16H2,(H,26,30)/b21-14-. The average Bonchev–Trinajstić information content (AvgIpc) is 3.06. The highest BCUT2D eigenvalue weighted by Crippen LogP contribution is 2.28. The number of thiocarbonyl (C=S) groups is 1. The van der Waals surface area contributed by atoms with Gasteiger partial charge in [0.2, 0.25) is 0 Å². The molecule has 0 radical (unpaired) electrons. The van der Waals surface area contributed by atoms with Gasteiger partial charge in [-0.3, -0.25) is 9.69 Å². The minimum Gasteiger partial charge on any atom is -0.488 e. The van der Waals surface area contributed by atoms with Crippen molar-refractivity contribution in [3.05, 3.63) is 70.9 Å². The molecule has 0 spiro atoms. The van der Waals surface area contributed by atoms with Crippen LogP contribution in [0.3, 0.4) is 0 Å². The van der Waals surface area contributed by atoms with Crippen LogP contribution >= 0.6 is 12.2 Å². The second kappa shape index (κ2) is 9.10.